The number of hydrazone groups is 1. The first-order valence-electron chi connectivity index (χ1n) is 6.28. The minimum atomic E-state index is 1.10. The Kier molecular flexibility index (Phi) is 2.82. The fourth-order valence-electron chi connectivity index (χ4n) is 2.34. The number of hydrogen-bond donors (Lipinski definition) is 1. The summed E-state index contributed by atoms with van der Waals surface area (Å²) in [5.41, 5.74) is 2.35. The van der Waals surface area contributed by atoms with Crippen LogP contribution in [0.3, 0.4) is 0 Å². The second-order valence-electron chi connectivity index (χ2n) is 4.55. The summed E-state index contributed by atoms with van der Waals surface area (Å²) in [5.74, 6) is 0. The normalized spacial score (nSPS) is 17.1. The van der Waals surface area contributed by atoms with E-state index in [4.69, 9.17) is 0 Å². The molecule has 0 aliphatic carbocycles. The molecule has 0 amide bonds. The van der Waals surface area contributed by atoms with Gasteiger partial charge in [-0.3, -0.25) is 5.01 Å². The molecule has 2 heterocycles. The third-order valence-corrected chi connectivity index (χ3v) is 3.31. The van der Waals surface area contributed by atoms with Gasteiger partial charge in [0, 0.05) is 35.8 Å². The Bertz CT molecular complexity index is 521. The van der Waals surface area contributed by atoms with Crippen molar-refractivity contribution in [3.05, 3.63) is 36.0 Å². The lowest BCUT2D eigenvalue weighted by Gasteiger charge is -2.23. The molecule has 1 aromatic carbocycles. The lowest BCUT2D eigenvalue weighted by Crippen LogP contribution is -2.24. The SMILES string of the molecule is C(=N/N1CCCCC1)/c1c[nH]c2ccccc12. The van der Waals surface area contributed by atoms with Crippen LogP contribution in [0.15, 0.2) is 35.6 Å². The first kappa shape index (κ1) is 10.4. The molecule has 3 heteroatoms. The molecule has 0 spiro atoms. The van der Waals surface area contributed by atoms with Crippen LogP contribution in [-0.4, -0.2) is 29.3 Å². The number of fused-ring (bicyclic) bond motifs is 1. The van der Waals surface area contributed by atoms with Crippen molar-refractivity contribution < 1.29 is 0 Å². The zero-order valence-electron chi connectivity index (χ0n) is 9.89. The molecule has 3 rings (SSSR count). The van der Waals surface area contributed by atoms with Gasteiger partial charge in [0.2, 0.25) is 0 Å². The Labute approximate surface area is 101 Å². The molecular formula is C14H17N3. The molecule has 0 radical (unpaired) electrons. The Hall–Kier alpha value is -1.77. The number of benzene rings is 1. The third-order valence-electron chi connectivity index (χ3n) is 3.31. The van der Waals surface area contributed by atoms with Crippen molar-refractivity contribution in [3.8, 4) is 0 Å². The first-order valence-corrected chi connectivity index (χ1v) is 6.28. The smallest absolute Gasteiger partial charge is 0.0564 e. The van der Waals surface area contributed by atoms with Crippen LogP contribution < -0.4 is 0 Å². The summed E-state index contributed by atoms with van der Waals surface area (Å²) in [6, 6.07) is 8.33. The molecule has 1 saturated heterocycles. The van der Waals surface area contributed by atoms with E-state index in [1.807, 2.05) is 18.5 Å². The van der Waals surface area contributed by atoms with Crippen molar-refractivity contribution in [2.75, 3.05) is 13.1 Å². The fraction of sp³-hybridized carbons (Fsp3) is 0.357. The largest absolute Gasteiger partial charge is 0.361 e. The summed E-state index contributed by atoms with van der Waals surface area (Å²) < 4.78 is 0. The molecule has 0 saturated carbocycles. The van der Waals surface area contributed by atoms with E-state index >= 15 is 0 Å². The number of H-pyrrole nitrogens is 1. The minimum Gasteiger partial charge on any atom is -0.361 e. The number of rotatable bonds is 2. The Morgan fingerprint density at radius 3 is 2.82 bits per heavy atom. The number of aromatic nitrogens is 1. The maximum absolute atomic E-state index is 4.56. The highest BCUT2D eigenvalue weighted by atomic mass is 15.4. The van der Waals surface area contributed by atoms with Gasteiger partial charge in [0.05, 0.1) is 6.21 Å². The van der Waals surface area contributed by atoms with E-state index in [0.29, 0.717) is 0 Å². The van der Waals surface area contributed by atoms with E-state index in [1.165, 1.54) is 35.7 Å². The van der Waals surface area contributed by atoms with Crippen molar-refractivity contribution in [2.24, 2.45) is 5.10 Å². The molecule has 0 atom stereocenters. The Balaban J connectivity index is 1.82. The highest BCUT2D eigenvalue weighted by Gasteiger charge is 2.06. The van der Waals surface area contributed by atoms with E-state index in [0.717, 1.165) is 13.1 Å². The number of aromatic amines is 1. The van der Waals surface area contributed by atoms with Gasteiger partial charge in [-0.1, -0.05) is 18.2 Å². The molecule has 1 aliphatic heterocycles. The first-order chi connectivity index (χ1) is 8.43. The van der Waals surface area contributed by atoms with Crippen molar-refractivity contribution >= 4 is 17.1 Å². The van der Waals surface area contributed by atoms with E-state index in [-0.39, 0.29) is 0 Å². The molecule has 1 aliphatic rings. The second-order valence-corrected chi connectivity index (χ2v) is 4.55. The molecular weight excluding hydrogens is 210 g/mol. The second kappa shape index (κ2) is 4.62. The molecule has 0 unspecified atom stereocenters. The summed E-state index contributed by atoms with van der Waals surface area (Å²) in [7, 11) is 0. The summed E-state index contributed by atoms with van der Waals surface area (Å²) >= 11 is 0. The molecule has 2 aromatic rings. The monoisotopic (exact) mass is 227 g/mol. The number of nitrogens with one attached hydrogen (secondary N) is 1. The van der Waals surface area contributed by atoms with E-state index in [1.54, 1.807) is 0 Å². The van der Waals surface area contributed by atoms with Gasteiger partial charge in [-0.15, -0.1) is 0 Å². The van der Waals surface area contributed by atoms with Gasteiger partial charge in [0.1, 0.15) is 0 Å². The molecule has 17 heavy (non-hydrogen) atoms. The maximum atomic E-state index is 4.56. The van der Waals surface area contributed by atoms with Crippen LogP contribution in [0.5, 0.6) is 0 Å². The number of nitrogens with zero attached hydrogens (tertiary/aromatic N) is 2. The summed E-state index contributed by atoms with van der Waals surface area (Å²) in [4.78, 5) is 3.27. The van der Waals surface area contributed by atoms with Gasteiger partial charge in [-0.2, -0.15) is 5.10 Å². The van der Waals surface area contributed by atoms with E-state index in [2.05, 4.69) is 33.3 Å². The Morgan fingerprint density at radius 1 is 1.12 bits per heavy atom. The fourth-order valence-corrected chi connectivity index (χ4v) is 2.34. The highest BCUT2D eigenvalue weighted by molar-refractivity contribution is 5.98. The predicted molar refractivity (Wildman–Crippen MR) is 71.3 cm³/mol. The summed E-state index contributed by atoms with van der Waals surface area (Å²) in [6.07, 6.45) is 7.89. The average Bonchev–Trinajstić information content (AvgIpc) is 2.81. The lowest BCUT2D eigenvalue weighted by molar-refractivity contribution is 0.240. The number of piperidine rings is 1. The van der Waals surface area contributed by atoms with Gasteiger partial charge in [-0.05, 0) is 25.3 Å². The van der Waals surface area contributed by atoms with Crippen LogP contribution in [0.25, 0.3) is 10.9 Å². The topological polar surface area (TPSA) is 31.4 Å². The van der Waals surface area contributed by atoms with Crippen LogP contribution in [0.4, 0.5) is 0 Å². The van der Waals surface area contributed by atoms with Crippen molar-refractivity contribution in [2.45, 2.75) is 19.3 Å². The van der Waals surface area contributed by atoms with Crippen molar-refractivity contribution in [3.63, 3.8) is 0 Å². The van der Waals surface area contributed by atoms with E-state index in [9.17, 15) is 0 Å². The number of para-hydroxylation sites is 1. The molecule has 1 aromatic heterocycles. The van der Waals surface area contributed by atoms with Crippen LogP contribution >= 0.6 is 0 Å². The van der Waals surface area contributed by atoms with Crippen LogP contribution in [0.1, 0.15) is 24.8 Å². The van der Waals surface area contributed by atoms with Gasteiger partial charge in [0.15, 0.2) is 0 Å². The molecule has 3 nitrogen and oxygen atoms in total. The van der Waals surface area contributed by atoms with E-state index < -0.39 is 0 Å². The summed E-state index contributed by atoms with van der Waals surface area (Å²) in [5, 5.41) is 7.98. The zero-order valence-corrected chi connectivity index (χ0v) is 9.89. The zero-order chi connectivity index (χ0) is 11.5. The predicted octanol–water partition coefficient (Wildman–Crippen LogP) is 2.99. The molecule has 0 bridgehead atoms. The average molecular weight is 227 g/mol. The van der Waals surface area contributed by atoms with Gasteiger partial charge < -0.3 is 4.98 Å². The molecule has 1 fully saturated rings. The Morgan fingerprint density at radius 2 is 1.94 bits per heavy atom. The van der Waals surface area contributed by atoms with Crippen LogP contribution in [0.2, 0.25) is 0 Å². The summed E-state index contributed by atoms with van der Waals surface area (Å²) in [6.45, 7) is 2.19. The van der Waals surface area contributed by atoms with Crippen molar-refractivity contribution in [1.82, 2.24) is 9.99 Å². The minimum absolute atomic E-state index is 1.10. The van der Waals surface area contributed by atoms with Gasteiger partial charge in [0.25, 0.3) is 0 Å². The highest BCUT2D eigenvalue weighted by Crippen LogP contribution is 2.16. The van der Waals surface area contributed by atoms with Crippen LogP contribution in [-0.2, 0) is 0 Å². The lowest BCUT2D eigenvalue weighted by atomic mass is 10.2. The van der Waals surface area contributed by atoms with Gasteiger partial charge in [-0.25, -0.2) is 0 Å². The molecule has 1 N–H and O–H groups in total. The standard InChI is InChI=1S/C14H17N3/c1-4-8-17(9-5-1)16-11-12-10-15-14-7-3-2-6-13(12)14/h2-3,6-7,10-11,15H,1,4-5,8-9H2/b16-11-. The third kappa shape index (κ3) is 2.18. The molecule has 88 valence electrons. The number of hydrogen-bond acceptors (Lipinski definition) is 2. The van der Waals surface area contributed by atoms with Crippen LogP contribution in [0, 0.1) is 0 Å². The maximum Gasteiger partial charge on any atom is 0.0564 e. The quantitative estimate of drug-likeness (QED) is 0.786. The van der Waals surface area contributed by atoms with Crippen molar-refractivity contribution in [1.29, 1.82) is 0 Å². The van der Waals surface area contributed by atoms with Gasteiger partial charge >= 0.3 is 0 Å².